The Balaban J connectivity index is 2.45. The average molecular weight is 238 g/mol. The molecule has 0 spiro atoms. The molecule has 0 saturated heterocycles. The number of aryl methyl sites for hydroxylation is 1. The van der Waals surface area contributed by atoms with E-state index < -0.39 is 11.6 Å². The molecule has 0 radical (unpaired) electrons. The van der Waals surface area contributed by atoms with Crippen molar-refractivity contribution in [3.8, 4) is 11.1 Å². The van der Waals surface area contributed by atoms with Crippen LogP contribution in [-0.4, -0.2) is 11.6 Å². The molecular weight excluding hydrogens is 224 g/mol. The number of hydrogen-bond donors (Lipinski definition) is 0. The van der Waals surface area contributed by atoms with E-state index >= 15 is 0 Å². The predicted octanol–water partition coefficient (Wildman–Crippen LogP) is 3.43. The first-order chi connectivity index (χ1) is 8.58. The van der Waals surface area contributed by atoms with Gasteiger partial charge in [0.25, 0.3) is 0 Å². The van der Waals surface area contributed by atoms with Crippen LogP contribution in [0.4, 0.5) is 0 Å². The lowest BCUT2D eigenvalue weighted by atomic mass is 9.99. The Hall–Kier alpha value is -2.22. The van der Waals surface area contributed by atoms with Gasteiger partial charge in [-0.05, 0) is 24.1 Å². The molecule has 0 N–H and O–H groups in total. The lowest BCUT2D eigenvalue weighted by Crippen LogP contribution is -2.09. The fraction of sp³-hybridized carbons (Fsp3) is 0.125. The standard InChI is InChI=1S/C16H14O2/c1-11-5-3-6-13(9-11)14-7-4-8-15(10-14)16(18)12(2)17/h3-10H,1-2H3. The van der Waals surface area contributed by atoms with Gasteiger partial charge in [0.05, 0.1) is 0 Å². The van der Waals surface area contributed by atoms with E-state index in [0.717, 1.165) is 16.7 Å². The molecule has 0 aliphatic heterocycles. The van der Waals surface area contributed by atoms with Crippen LogP contribution in [0.15, 0.2) is 48.5 Å². The smallest absolute Gasteiger partial charge is 0.228 e. The van der Waals surface area contributed by atoms with Gasteiger partial charge in [-0.1, -0.05) is 48.0 Å². The molecule has 0 aliphatic carbocycles. The fourth-order valence-electron chi connectivity index (χ4n) is 1.87. The van der Waals surface area contributed by atoms with Crippen LogP contribution in [0.2, 0.25) is 0 Å². The molecule has 0 unspecified atom stereocenters. The highest BCUT2D eigenvalue weighted by atomic mass is 16.2. The van der Waals surface area contributed by atoms with Gasteiger partial charge in [-0.2, -0.15) is 0 Å². The zero-order valence-electron chi connectivity index (χ0n) is 10.4. The third-order valence-corrected chi connectivity index (χ3v) is 2.80. The van der Waals surface area contributed by atoms with Crippen LogP contribution in [0.1, 0.15) is 22.8 Å². The van der Waals surface area contributed by atoms with Crippen molar-refractivity contribution in [2.45, 2.75) is 13.8 Å². The summed E-state index contributed by atoms with van der Waals surface area (Å²) in [6.07, 6.45) is 0. The molecule has 2 nitrogen and oxygen atoms in total. The van der Waals surface area contributed by atoms with Crippen molar-refractivity contribution in [2.24, 2.45) is 0 Å². The van der Waals surface area contributed by atoms with Gasteiger partial charge >= 0.3 is 0 Å². The van der Waals surface area contributed by atoms with Gasteiger partial charge in [-0.3, -0.25) is 9.59 Å². The maximum Gasteiger partial charge on any atom is 0.228 e. The van der Waals surface area contributed by atoms with E-state index in [1.165, 1.54) is 6.92 Å². The minimum absolute atomic E-state index is 0.434. The topological polar surface area (TPSA) is 34.1 Å². The van der Waals surface area contributed by atoms with Crippen molar-refractivity contribution in [1.82, 2.24) is 0 Å². The van der Waals surface area contributed by atoms with E-state index in [1.807, 2.05) is 31.2 Å². The van der Waals surface area contributed by atoms with Crippen LogP contribution < -0.4 is 0 Å². The SMILES string of the molecule is CC(=O)C(=O)c1cccc(-c2cccc(C)c2)c1. The lowest BCUT2D eigenvalue weighted by molar-refractivity contribution is -0.113. The van der Waals surface area contributed by atoms with Crippen molar-refractivity contribution >= 4 is 11.6 Å². The first kappa shape index (κ1) is 12.2. The number of rotatable bonds is 3. The maximum atomic E-state index is 11.6. The van der Waals surface area contributed by atoms with Gasteiger partial charge < -0.3 is 0 Å². The van der Waals surface area contributed by atoms with Crippen LogP contribution in [0, 0.1) is 6.92 Å². The lowest BCUT2D eigenvalue weighted by Gasteiger charge is -2.05. The highest BCUT2D eigenvalue weighted by Crippen LogP contribution is 2.21. The number of carbonyl (C=O) groups is 2. The first-order valence-corrected chi connectivity index (χ1v) is 5.80. The summed E-state index contributed by atoms with van der Waals surface area (Å²) < 4.78 is 0. The van der Waals surface area contributed by atoms with E-state index in [9.17, 15) is 9.59 Å². The van der Waals surface area contributed by atoms with Gasteiger partial charge in [0.15, 0.2) is 5.78 Å². The number of hydrogen-bond acceptors (Lipinski definition) is 2. The van der Waals surface area contributed by atoms with Gasteiger partial charge in [-0.15, -0.1) is 0 Å². The maximum absolute atomic E-state index is 11.6. The summed E-state index contributed by atoms with van der Waals surface area (Å²) in [6, 6.07) is 15.2. The predicted molar refractivity (Wildman–Crippen MR) is 71.6 cm³/mol. The Bertz CT molecular complexity index is 612. The Labute approximate surface area is 106 Å². The van der Waals surface area contributed by atoms with Gasteiger partial charge in [0.1, 0.15) is 0 Å². The number of Topliss-reactive ketones (excluding diaryl/α,β-unsaturated/α-hetero) is 2. The van der Waals surface area contributed by atoms with Crippen LogP contribution in [-0.2, 0) is 4.79 Å². The minimum Gasteiger partial charge on any atom is -0.291 e. The van der Waals surface area contributed by atoms with Crippen molar-refractivity contribution in [3.63, 3.8) is 0 Å². The Morgan fingerprint density at radius 1 is 0.889 bits per heavy atom. The number of carbonyl (C=O) groups excluding carboxylic acids is 2. The molecule has 0 aliphatic rings. The number of benzene rings is 2. The van der Waals surface area contributed by atoms with E-state index in [4.69, 9.17) is 0 Å². The summed E-state index contributed by atoms with van der Waals surface area (Å²) in [4.78, 5) is 22.7. The monoisotopic (exact) mass is 238 g/mol. The van der Waals surface area contributed by atoms with Crippen LogP contribution in [0.3, 0.4) is 0 Å². The zero-order valence-corrected chi connectivity index (χ0v) is 10.4. The Kier molecular flexibility index (Phi) is 3.38. The summed E-state index contributed by atoms with van der Waals surface area (Å²) in [5, 5.41) is 0. The van der Waals surface area contributed by atoms with Gasteiger partial charge in [-0.25, -0.2) is 0 Å². The molecule has 2 rings (SSSR count). The average Bonchev–Trinajstić information content (AvgIpc) is 2.38. The highest BCUT2D eigenvalue weighted by Gasteiger charge is 2.11. The summed E-state index contributed by atoms with van der Waals surface area (Å²) in [5.41, 5.74) is 3.61. The normalized spacial score (nSPS) is 10.1. The minimum atomic E-state index is -0.440. The molecular formula is C16H14O2. The van der Waals surface area contributed by atoms with E-state index in [2.05, 4.69) is 6.07 Å². The summed E-state index contributed by atoms with van der Waals surface area (Å²) >= 11 is 0. The molecule has 0 heterocycles. The molecule has 0 amide bonds. The van der Waals surface area contributed by atoms with Crippen molar-refractivity contribution in [2.75, 3.05) is 0 Å². The van der Waals surface area contributed by atoms with Crippen molar-refractivity contribution in [1.29, 1.82) is 0 Å². The molecule has 2 heteroatoms. The molecule has 0 saturated carbocycles. The fourth-order valence-corrected chi connectivity index (χ4v) is 1.87. The summed E-state index contributed by atoms with van der Waals surface area (Å²) in [7, 11) is 0. The van der Waals surface area contributed by atoms with E-state index in [-0.39, 0.29) is 0 Å². The molecule has 18 heavy (non-hydrogen) atoms. The third-order valence-electron chi connectivity index (χ3n) is 2.80. The van der Waals surface area contributed by atoms with Crippen LogP contribution in [0.25, 0.3) is 11.1 Å². The molecule has 2 aromatic carbocycles. The second kappa shape index (κ2) is 4.96. The third kappa shape index (κ3) is 2.54. The second-order valence-corrected chi connectivity index (χ2v) is 4.34. The van der Waals surface area contributed by atoms with Crippen LogP contribution >= 0.6 is 0 Å². The summed E-state index contributed by atoms with van der Waals surface area (Å²) in [5.74, 6) is -0.874. The molecule has 0 fully saturated rings. The Morgan fingerprint density at radius 3 is 2.11 bits per heavy atom. The molecule has 0 atom stereocenters. The van der Waals surface area contributed by atoms with E-state index in [1.54, 1.807) is 18.2 Å². The quantitative estimate of drug-likeness (QED) is 0.606. The van der Waals surface area contributed by atoms with Crippen molar-refractivity contribution in [3.05, 3.63) is 59.7 Å². The molecule has 0 aromatic heterocycles. The zero-order chi connectivity index (χ0) is 13.1. The van der Waals surface area contributed by atoms with Crippen molar-refractivity contribution < 1.29 is 9.59 Å². The van der Waals surface area contributed by atoms with Gasteiger partial charge in [0, 0.05) is 12.5 Å². The van der Waals surface area contributed by atoms with Gasteiger partial charge in [0.2, 0.25) is 5.78 Å². The van der Waals surface area contributed by atoms with Crippen LogP contribution in [0.5, 0.6) is 0 Å². The second-order valence-electron chi connectivity index (χ2n) is 4.34. The molecule has 2 aromatic rings. The largest absolute Gasteiger partial charge is 0.291 e. The Morgan fingerprint density at radius 2 is 1.50 bits per heavy atom. The van der Waals surface area contributed by atoms with E-state index in [0.29, 0.717) is 5.56 Å². The highest BCUT2D eigenvalue weighted by molar-refractivity contribution is 6.43. The molecule has 0 bridgehead atoms. The molecule has 90 valence electrons. The number of ketones is 2. The first-order valence-electron chi connectivity index (χ1n) is 5.80. The summed E-state index contributed by atoms with van der Waals surface area (Å²) in [6.45, 7) is 3.32.